The SMILES string of the molecule is N#Cc1ccc(-c2ccc3c4ccc(-c5ccc(C#N)cc5)cc4n(-c4ccc(-c5cccc6sc7ccccc7c56)cc4-c4nc(-c5ccccc5)nc(-c5ccccc5)n4)c3c2)cc1. The maximum atomic E-state index is 9.60. The summed E-state index contributed by atoms with van der Waals surface area (Å²) >= 11 is 1.81. The van der Waals surface area contributed by atoms with Crippen molar-refractivity contribution in [2.75, 3.05) is 0 Å². The minimum Gasteiger partial charge on any atom is -0.308 e. The van der Waals surface area contributed by atoms with Gasteiger partial charge in [-0.1, -0.05) is 146 Å². The fourth-order valence-electron chi connectivity index (χ4n) is 9.13. The van der Waals surface area contributed by atoms with Gasteiger partial charge in [0.2, 0.25) is 0 Å². The monoisotopic (exact) mass is 858 g/mol. The molecule has 0 fully saturated rings. The standard InChI is InChI=1S/C59H34N6S/c60-35-37-18-22-39(23-19-37)43-26-29-47-48-30-27-44(40-24-20-38(36-61)21-25-40)34-53(48)65(52(47)33-43)51-31-28-45(46-15-9-17-55-56(46)49-14-7-8-16-54(49)66-55)32-50(51)59-63-57(41-10-3-1-4-11-41)62-58(64-59)42-12-5-2-6-13-42/h1-34H. The zero-order valence-electron chi connectivity index (χ0n) is 35.2. The Hall–Kier alpha value is -9.01. The molecule has 0 aliphatic heterocycles. The van der Waals surface area contributed by atoms with Gasteiger partial charge in [-0.2, -0.15) is 10.5 Å². The van der Waals surface area contributed by atoms with Crippen molar-refractivity contribution >= 4 is 53.3 Å². The Balaban J connectivity index is 1.18. The average Bonchev–Trinajstić information content (AvgIpc) is 3.94. The normalized spacial score (nSPS) is 11.3. The molecule has 0 bridgehead atoms. The number of thiophene rings is 1. The second-order valence-electron chi connectivity index (χ2n) is 16.2. The highest BCUT2D eigenvalue weighted by Gasteiger charge is 2.22. The van der Waals surface area contributed by atoms with Gasteiger partial charge < -0.3 is 4.57 Å². The van der Waals surface area contributed by atoms with E-state index >= 15 is 0 Å². The third-order valence-electron chi connectivity index (χ3n) is 12.4. The summed E-state index contributed by atoms with van der Waals surface area (Å²) < 4.78 is 4.82. The van der Waals surface area contributed by atoms with Gasteiger partial charge >= 0.3 is 0 Å². The molecular weight excluding hydrogens is 825 g/mol. The molecule has 0 radical (unpaired) electrons. The molecule has 0 saturated heterocycles. The predicted octanol–water partition coefficient (Wildman–Crippen LogP) is 15.1. The summed E-state index contributed by atoms with van der Waals surface area (Å²) in [5.74, 6) is 1.70. The average molecular weight is 859 g/mol. The lowest BCUT2D eigenvalue weighted by Gasteiger charge is -2.17. The Morgan fingerprint density at radius 2 is 0.864 bits per heavy atom. The first-order chi connectivity index (χ1) is 32.6. The van der Waals surface area contributed by atoms with Crippen LogP contribution >= 0.6 is 11.3 Å². The van der Waals surface area contributed by atoms with E-state index in [0.717, 1.165) is 77.6 Å². The number of benzene rings is 9. The molecule has 306 valence electrons. The van der Waals surface area contributed by atoms with Gasteiger partial charge in [-0.15, -0.1) is 11.3 Å². The Morgan fingerprint density at radius 1 is 0.364 bits per heavy atom. The number of nitrogens with zero attached hydrogens (tertiary/aromatic N) is 6. The van der Waals surface area contributed by atoms with Crippen LogP contribution in [0.15, 0.2) is 206 Å². The molecule has 0 unspecified atom stereocenters. The van der Waals surface area contributed by atoms with Gasteiger partial charge in [0.25, 0.3) is 0 Å². The lowest BCUT2D eigenvalue weighted by molar-refractivity contribution is 1.06. The van der Waals surface area contributed by atoms with Crippen LogP contribution in [0, 0.1) is 22.7 Å². The van der Waals surface area contributed by atoms with Crippen LogP contribution in [0.3, 0.4) is 0 Å². The lowest BCUT2D eigenvalue weighted by atomic mass is 9.96. The maximum Gasteiger partial charge on any atom is 0.166 e. The summed E-state index contributed by atoms with van der Waals surface area (Å²) in [7, 11) is 0. The van der Waals surface area contributed by atoms with Crippen molar-refractivity contribution in [3.8, 4) is 85.4 Å². The van der Waals surface area contributed by atoms with E-state index in [0.29, 0.717) is 28.6 Å². The van der Waals surface area contributed by atoms with Crippen molar-refractivity contribution in [2.45, 2.75) is 0 Å². The van der Waals surface area contributed by atoms with Crippen LogP contribution in [0.25, 0.3) is 115 Å². The number of hydrogen-bond donors (Lipinski definition) is 0. The number of fused-ring (bicyclic) bond motifs is 6. The largest absolute Gasteiger partial charge is 0.308 e. The van der Waals surface area contributed by atoms with Crippen LogP contribution in [0.1, 0.15) is 11.1 Å². The van der Waals surface area contributed by atoms with Crippen LogP contribution in [0.2, 0.25) is 0 Å². The molecule has 66 heavy (non-hydrogen) atoms. The van der Waals surface area contributed by atoms with Crippen molar-refractivity contribution in [2.24, 2.45) is 0 Å². The van der Waals surface area contributed by atoms with E-state index < -0.39 is 0 Å². The van der Waals surface area contributed by atoms with Crippen molar-refractivity contribution in [1.29, 1.82) is 10.5 Å². The molecule has 3 heterocycles. The number of nitriles is 2. The van der Waals surface area contributed by atoms with Gasteiger partial charge in [-0.3, -0.25) is 0 Å². The molecule has 6 nitrogen and oxygen atoms in total. The third-order valence-corrected chi connectivity index (χ3v) is 13.5. The maximum absolute atomic E-state index is 9.60. The zero-order valence-corrected chi connectivity index (χ0v) is 36.0. The first kappa shape index (κ1) is 38.6. The molecule has 0 atom stereocenters. The van der Waals surface area contributed by atoms with Crippen LogP contribution in [-0.2, 0) is 0 Å². The zero-order chi connectivity index (χ0) is 44.1. The number of hydrogen-bond acceptors (Lipinski definition) is 6. The van der Waals surface area contributed by atoms with Gasteiger partial charge in [0.05, 0.1) is 40.0 Å². The molecule has 0 spiro atoms. The molecule has 12 rings (SSSR count). The summed E-state index contributed by atoms with van der Waals surface area (Å²) in [4.78, 5) is 15.8. The molecular formula is C59H34N6S. The van der Waals surface area contributed by atoms with Gasteiger partial charge in [0.15, 0.2) is 17.5 Å². The highest BCUT2D eigenvalue weighted by atomic mass is 32.1. The number of aromatic nitrogens is 4. The smallest absolute Gasteiger partial charge is 0.166 e. The Kier molecular flexibility index (Phi) is 9.35. The summed E-state index contributed by atoms with van der Waals surface area (Å²) in [6.45, 7) is 0. The quantitative estimate of drug-likeness (QED) is 0.159. The van der Waals surface area contributed by atoms with E-state index in [2.05, 4.69) is 114 Å². The van der Waals surface area contributed by atoms with Crippen molar-refractivity contribution < 1.29 is 0 Å². The van der Waals surface area contributed by atoms with Crippen molar-refractivity contribution in [3.63, 3.8) is 0 Å². The van der Waals surface area contributed by atoms with Gasteiger partial charge in [0, 0.05) is 47.6 Å². The Labute approximate surface area is 384 Å². The fourth-order valence-corrected chi connectivity index (χ4v) is 10.3. The van der Waals surface area contributed by atoms with E-state index in [1.165, 1.54) is 20.2 Å². The van der Waals surface area contributed by atoms with Crippen LogP contribution in [0.4, 0.5) is 0 Å². The molecule has 12 aromatic rings. The third kappa shape index (κ3) is 6.67. The first-order valence-electron chi connectivity index (χ1n) is 21.6. The predicted molar refractivity (Wildman–Crippen MR) is 269 cm³/mol. The van der Waals surface area contributed by atoms with E-state index in [9.17, 15) is 10.5 Å². The molecule has 0 saturated carbocycles. The van der Waals surface area contributed by atoms with Crippen molar-refractivity contribution in [1.82, 2.24) is 19.5 Å². The number of rotatable bonds is 7. The molecule has 7 heteroatoms. The van der Waals surface area contributed by atoms with Gasteiger partial charge in [0.1, 0.15) is 0 Å². The summed E-state index contributed by atoms with van der Waals surface area (Å²) in [5, 5.41) is 23.8. The minimum absolute atomic E-state index is 0.545. The minimum atomic E-state index is 0.545. The lowest BCUT2D eigenvalue weighted by Crippen LogP contribution is -2.04. The molecule has 0 N–H and O–H groups in total. The topological polar surface area (TPSA) is 91.2 Å². The second-order valence-corrected chi connectivity index (χ2v) is 17.3. The fraction of sp³-hybridized carbons (Fsp3) is 0. The second kappa shape index (κ2) is 16.0. The highest BCUT2D eigenvalue weighted by molar-refractivity contribution is 7.25. The van der Waals surface area contributed by atoms with E-state index in [1.54, 1.807) is 0 Å². The first-order valence-corrected chi connectivity index (χ1v) is 22.4. The summed E-state index contributed by atoms with van der Waals surface area (Å²) in [5.41, 5.74) is 13.0. The van der Waals surface area contributed by atoms with E-state index in [-0.39, 0.29) is 0 Å². The Bertz CT molecular complexity index is 3760. The molecule has 0 amide bonds. The van der Waals surface area contributed by atoms with Crippen molar-refractivity contribution in [3.05, 3.63) is 217 Å². The molecule has 0 aliphatic carbocycles. The van der Waals surface area contributed by atoms with Gasteiger partial charge in [-0.05, 0) is 94.0 Å². The highest BCUT2D eigenvalue weighted by Crippen LogP contribution is 2.44. The van der Waals surface area contributed by atoms with Crippen LogP contribution in [0.5, 0.6) is 0 Å². The molecule has 3 aromatic heterocycles. The Morgan fingerprint density at radius 3 is 1.44 bits per heavy atom. The van der Waals surface area contributed by atoms with Gasteiger partial charge in [-0.25, -0.2) is 15.0 Å². The molecule has 0 aliphatic rings. The summed E-state index contributed by atoms with van der Waals surface area (Å²) in [6, 6.07) is 75.2. The van der Waals surface area contributed by atoms with E-state index in [4.69, 9.17) is 15.0 Å². The molecule has 9 aromatic carbocycles. The van der Waals surface area contributed by atoms with Crippen LogP contribution < -0.4 is 0 Å². The van der Waals surface area contributed by atoms with Crippen LogP contribution in [-0.4, -0.2) is 19.5 Å². The summed E-state index contributed by atoms with van der Waals surface area (Å²) in [6.07, 6.45) is 0. The van der Waals surface area contributed by atoms with E-state index in [1.807, 2.05) is 121 Å².